The molecule has 2 N–H and O–H groups in total. The molecule has 0 saturated heterocycles. The SMILES string of the molecule is Cc1cc(C(=O)O)cc(C(=O)NC(C)(C)c2nccs2)c1. The van der Waals surface area contributed by atoms with Gasteiger partial charge in [-0.1, -0.05) is 0 Å². The van der Waals surface area contributed by atoms with Gasteiger partial charge in [-0.3, -0.25) is 4.79 Å². The zero-order valence-electron chi connectivity index (χ0n) is 12.0. The highest BCUT2D eigenvalue weighted by atomic mass is 32.1. The molecule has 0 bridgehead atoms. The highest BCUT2D eigenvalue weighted by Gasteiger charge is 2.26. The second-order valence-corrected chi connectivity index (χ2v) is 6.20. The zero-order valence-corrected chi connectivity index (χ0v) is 12.8. The van der Waals surface area contributed by atoms with Gasteiger partial charge in [-0.15, -0.1) is 11.3 Å². The van der Waals surface area contributed by atoms with Crippen molar-refractivity contribution in [2.45, 2.75) is 26.3 Å². The van der Waals surface area contributed by atoms with Crippen LogP contribution in [0.4, 0.5) is 0 Å². The summed E-state index contributed by atoms with van der Waals surface area (Å²) >= 11 is 1.46. The van der Waals surface area contributed by atoms with E-state index in [9.17, 15) is 9.59 Å². The van der Waals surface area contributed by atoms with Gasteiger partial charge in [-0.25, -0.2) is 9.78 Å². The van der Waals surface area contributed by atoms with Crippen LogP contribution in [0.5, 0.6) is 0 Å². The minimum Gasteiger partial charge on any atom is -0.478 e. The predicted molar refractivity (Wildman–Crippen MR) is 80.7 cm³/mol. The number of nitrogens with zero attached hydrogens (tertiary/aromatic N) is 1. The number of nitrogens with one attached hydrogen (secondary N) is 1. The van der Waals surface area contributed by atoms with E-state index >= 15 is 0 Å². The van der Waals surface area contributed by atoms with Crippen LogP contribution in [0.15, 0.2) is 29.8 Å². The Kier molecular flexibility index (Phi) is 4.09. The Hall–Kier alpha value is -2.21. The van der Waals surface area contributed by atoms with E-state index in [4.69, 9.17) is 5.11 Å². The first kappa shape index (κ1) is 15.2. The third-order valence-corrected chi connectivity index (χ3v) is 4.08. The lowest BCUT2D eigenvalue weighted by Gasteiger charge is -2.24. The van der Waals surface area contributed by atoms with Crippen LogP contribution in [0.1, 0.15) is 45.1 Å². The van der Waals surface area contributed by atoms with Crippen LogP contribution in [0.25, 0.3) is 0 Å². The second kappa shape index (κ2) is 5.65. The standard InChI is InChI=1S/C15H16N2O3S/c1-9-6-10(8-11(7-9)13(19)20)12(18)17-15(2,3)14-16-4-5-21-14/h4-8H,1-3H3,(H,17,18)(H,19,20). The minimum atomic E-state index is -1.05. The lowest BCUT2D eigenvalue weighted by atomic mass is 10.0. The Morgan fingerprint density at radius 1 is 1.24 bits per heavy atom. The molecule has 1 aromatic carbocycles. The van der Waals surface area contributed by atoms with Crippen LogP contribution in [0, 0.1) is 6.92 Å². The smallest absolute Gasteiger partial charge is 0.335 e. The maximum absolute atomic E-state index is 12.4. The molecule has 2 rings (SSSR count). The van der Waals surface area contributed by atoms with Crippen LogP contribution >= 0.6 is 11.3 Å². The zero-order chi connectivity index (χ0) is 15.6. The maximum Gasteiger partial charge on any atom is 0.335 e. The molecule has 0 fully saturated rings. The largest absolute Gasteiger partial charge is 0.478 e. The molecule has 0 radical (unpaired) electrons. The molecule has 0 spiro atoms. The number of aromatic nitrogens is 1. The quantitative estimate of drug-likeness (QED) is 0.910. The molecule has 1 aromatic heterocycles. The molecular formula is C15H16N2O3S. The number of rotatable bonds is 4. The van der Waals surface area contributed by atoms with Gasteiger partial charge in [0.25, 0.3) is 5.91 Å². The molecule has 0 unspecified atom stereocenters. The fourth-order valence-corrected chi connectivity index (χ4v) is 2.70. The normalized spacial score (nSPS) is 11.2. The number of aromatic carboxylic acids is 1. The number of hydrogen-bond donors (Lipinski definition) is 2. The third-order valence-electron chi connectivity index (χ3n) is 2.98. The number of carbonyl (C=O) groups excluding carboxylic acids is 1. The molecule has 0 aliphatic carbocycles. The molecule has 0 aliphatic rings. The Morgan fingerprint density at radius 2 is 1.90 bits per heavy atom. The fraction of sp³-hybridized carbons (Fsp3) is 0.267. The Bertz CT molecular complexity index is 678. The number of hydrogen-bond acceptors (Lipinski definition) is 4. The van der Waals surface area contributed by atoms with Gasteiger partial charge in [-0.05, 0) is 44.5 Å². The number of carbonyl (C=O) groups is 2. The first-order valence-electron chi connectivity index (χ1n) is 6.37. The summed E-state index contributed by atoms with van der Waals surface area (Å²) in [5.41, 5.74) is 0.551. The Labute approximate surface area is 126 Å². The van der Waals surface area contributed by atoms with Crippen molar-refractivity contribution in [2.24, 2.45) is 0 Å². The van der Waals surface area contributed by atoms with Gasteiger partial charge in [0.2, 0.25) is 0 Å². The van der Waals surface area contributed by atoms with E-state index < -0.39 is 11.5 Å². The molecular weight excluding hydrogens is 288 g/mol. The minimum absolute atomic E-state index is 0.104. The summed E-state index contributed by atoms with van der Waals surface area (Å²) in [6.07, 6.45) is 1.68. The second-order valence-electron chi connectivity index (χ2n) is 5.31. The summed E-state index contributed by atoms with van der Waals surface area (Å²) in [4.78, 5) is 27.6. The fourth-order valence-electron chi connectivity index (χ4n) is 1.98. The van der Waals surface area contributed by atoms with E-state index in [-0.39, 0.29) is 11.5 Å². The molecule has 2 aromatic rings. The summed E-state index contributed by atoms with van der Waals surface area (Å²) in [7, 11) is 0. The molecule has 21 heavy (non-hydrogen) atoms. The topological polar surface area (TPSA) is 79.3 Å². The molecule has 6 heteroatoms. The van der Waals surface area contributed by atoms with Gasteiger partial charge in [0, 0.05) is 17.1 Å². The highest BCUT2D eigenvalue weighted by Crippen LogP contribution is 2.22. The maximum atomic E-state index is 12.4. The number of thiazole rings is 1. The van der Waals surface area contributed by atoms with Crippen molar-refractivity contribution in [3.05, 3.63) is 51.5 Å². The first-order valence-corrected chi connectivity index (χ1v) is 7.25. The molecule has 0 saturated carbocycles. The third kappa shape index (κ3) is 3.46. The van der Waals surface area contributed by atoms with Gasteiger partial charge in [0.05, 0.1) is 11.1 Å². The summed E-state index contributed by atoms with van der Waals surface area (Å²) in [6.45, 7) is 5.48. The van der Waals surface area contributed by atoms with Crippen molar-refractivity contribution in [1.29, 1.82) is 0 Å². The van der Waals surface area contributed by atoms with Crippen LogP contribution in [0.2, 0.25) is 0 Å². The number of carboxylic acids is 1. The average Bonchev–Trinajstić information content (AvgIpc) is 2.92. The Balaban J connectivity index is 2.27. The molecule has 110 valence electrons. The lowest BCUT2D eigenvalue weighted by Crippen LogP contribution is -2.41. The van der Waals surface area contributed by atoms with E-state index in [1.165, 1.54) is 23.5 Å². The van der Waals surface area contributed by atoms with Crippen LogP contribution in [-0.2, 0) is 5.54 Å². The number of carboxylic acid groups (broad SMARTS) is 1. The van der Waals surface area contributed by atoms with Crippen molar-refractivity contribution in [1.82, 2.24) is 10.3 Å². The molecule has 1 heterocycles. The van der Waals surface area contributed by atoms with Crippen molar-refractivity contribution < 1.29 is 14.7 Å². The van der Waals surface area contributed by atoms with Crippen LogP contribution in [-0.4, -0.2) is 22.0 Å². The van der Waals surface area contributed by atoms with Gasteiger partial charge in [-0.2, -0.15) is 0 Å². The van der Waals surface area contributed by atoms with E-state index in [1.807, 2.05) is 19.2 Å². The van der Waals surface area contributed by atoms with E-state index in [0.717, 1.165) is 10.6 Å². The summed E-state index contributed by atoms with van der Waals surface area (Å²) in [5, 5.41) is 14.6. The van der Waals surface area contributed by atoms with E-state index in [2.05, 4.69) is 10.3 Å². The monoisotopic (exact) mass is 304 g/mol. The van der Waals surface area contributed by atoms with Crippen molar-refractivity contribution >= 4 is 23.2 Å². The Morgan fingerprint density at radius 3 is 2.48 bits per heavy atom. The number of aryl methyl sites for hydroxylation is 1. The van der Waals surface area contributed by atoms with Crippen LogP contribution in [0.3, 0.4) is 0 Å². The van der Waals surface area contributed by atoms with Crippen molar-refractivity contribution in [3.8, 4) is 0 Å². The van der Waals surface area contributed by atoms with Gasteiger partial charge in [0.15, 0.2) is 0 Å². The molecule has 0 aliphatic heterocycles. The average molecular weight is 304 g/mol. The number of benzene rings is 1. The summed E-state index contributed by atoms with van der Waals surface area (Å²) in [5.74, 6) is -1.37. The molecule has 0 atom stereocenters. The van der Waals surface area contributed by atoms with Crippen LogP contribution < -0.4 is 5.32 Å². The van der Waals surface area contributed by atoms with E-state index in [1.54, 1.807) is 19.2 Å². The van der Waals surface area contributed by atoms with Gasteiger partial charge < -0.3 is 10.4 Å². The van der Waals surface area contributed by atoms with Gasteiger partial charge >= 0.3 is 5.97 Å². The summed E-state index contributed by atoms with van der Waals surface area (Å²) in [6, 6.07) is 4.58. The summed E-state index contributed by atoms with van der Waals surface area (Å²) < 4.78 is 0. The highest BCUT2D eigenvalue weighted by molar-refractivity contribution is 7.09. The predicted octanol–water partition coefficient (Wildman–Crippen LogP) is 2.81. The van der Waals surface area contributed by atoms with E-state index in [0.29, 0.717) is 5.56 Å². The lowest BCUT2D eigenvalue weighted by molar-refractivity contribution is 0.0696. The van der Waals surface area contributed by atoms with Gasteiger partial charge in [0.1, 0.15) is 5.01 Å². The molecule has 1 amide bonds. The molecule has 5 nitrogen and oxygen atoms in total. The van der Waals surface area contributed by atoms with Crippen molar-refractivity contribution in [3.63, 3.8) is 0 Å². The van der Waals surface area contributed by atoms with Crippen molar-refractivity contribution in [2.75, 3.05) is 0 Å². The number of amides is 1. The first-order chi connectivity index (χ1) is 9.79.